The van der Waals surface area contributed by atoms with Crippen LogP contribution >= 0.6 is 15.9 Å². The number of aliphatic hydroxyl groups excluding tert-OH is 1. The van der Waals surface area contributed by atoms with E-state index in [9.17, 15) is 5.11 Å². The second-order valence-corrected chi connectivity index (χ2v) is 5.74. The Morgan fingerprint density at radius 3 is 3.06 bits per heavy atom. The number of hydrogen-bond donors (Lipinski definition) is 1. The molecule has 18 heavy (non-hydrogen) atoms. The van der Waals surface area contributed by atoms with Gasteiger partial charge in [-0.3, -0.25) is 0 Å². The van der Waals surface area contributed by atoms with Gasteiger partial charge in [-0.2, -0.15) is 0 Å². The minimum absolute atomic E-state index is 0.110. The Morgan fingerprint density at radius 1 is 1.50 bits per heavy atom. The number of likely N-dealkylation sites (tertiary alicyclic amines) is 1. The quantitative estimate of drug-likeness (QED) is 0.923. The number of benzene rings is 1. The van der Waals surface area contributed by atoms with Crippen molar-refractivity contribution in [1.82, 2.24) is 4.90 Å². The molecule has 0 radical (unpaired) electrons. The summed E-state index contributed by atoms with van der Waals surface area (Å²) in [6, 6.07) is 6.27. The number of nitrogens with zero attached hydrogens (tertiary/aromatic N) is 1. The van der Waals surface area contributed by atoms with Gasteiger partial charge in [-0.1, -0.05) is 40.2 Å². The lowest BCUT2D eigenvalue weighted by Gasteiger charge is -2.12. The Labute approximate surface area is 117 Å². The predicted molar refractivity (Wildman–Crippen MR) is 79.6 cm³/mol. The molecule has 1 atom stereocenters. The van der Waals surface area contributed by atoms with Gasteiger partial charge in [-0.25, -0.2) is 0 Å². The third kappa shape index (κ3) is 3.67. The Kier molecular flexibility index (Phi) is 4.98. The zero-order valence-corrected chi connectivity index (χ0v) is 12.4. The average Bonchev–Trinajstić information content (AvgIpc) is 2.76. The van der Waals surface area contributed by atoms with Gasteiger partial charge in [-0.05, 0) is 37.0 Å². The smallest absolute Gasteiger partial charge is 0.0679 e. The summed E-state index contributed by atoms with van der Waals surface area (Å²) in [5, 5.41) is 9.44. The second kappa shape index (κ2) is 6.50. The molecule has 0 unspecified atom stereocenters. The van der Waals surface area contributed by atoms with E-state index in [1.54, 1.807) is 0 Å². The van der Waals surface area contributed by atoms with Crippen LogP contribution in [0.25, 0.3) is 6.08 Å². The number of rotatable bonds is 4. The van der Waals surface area contributed by atoms with E-state index < -0.39 is 0 Å². The number of β-amino-alcohol motifs (C(OH)–C–C–N with tert-alkyl or cyclic N) is 1. The molecule has 1 N–H and O–H groups in total. The summed E-state index contributed by atoms with van der Waals surface area (Å²) < 4.78 is 1.16. The molecule has 1 aromatic rings. The molecule has 1 saturated heterocycles. The molecular weight excluding hydrogens is 290 g/mol. The van der Waals surface area contributed by atoms with Crippen LogP contribution in [0, 0.1) is 6.92 Å². The molecule has 1 aromatic carbocycles. The lowest BCUT2D eigenvalue weighted by Crippen LogP contribution is -2.22. The fourth-order valence-electron chi connectivity index (χ4n) is 2.29. The van der Waals surface area contributed by atoms with Gasteiger partial charge >= 0.3 is 0 Å². The summed E-state index contributed by atoms with van der Waals surface area (Å²) in [4.78, 5) is 2.32. The molecule has 2 rings (SSSR count). The van der Waals surface area contributed by atoms with Crippen molar-refractivity contribution >= 4 is 22.0 Å². The van der Waals surface area contributed by atoms with Gasteiger partial charge in [0.05, 0.1) is 6.10 Å². The van der Waals surface area contributed by atoms with Crippen LogP contribution < -0.4 is 0 Å². The minimum Gasteiger partial charge on any atom is -0.392 e. The first kappa shape index (κ1) is 13.8. The molecule has 0 saturated carbocycles. The first-order chi connectivity index (χ1) is 8.66. The van der Waals surface area contributed by atoms with Gasteiger partial charge in [-0.15, -0.1) is 0 Å². The normalized spacial score (nSPS) is 20.9. The molecule has 0 bridgehead atoms. The number of halogens is 1. The predicted octanol–water partition coefficient (Wildman–Crippen LogP) is 3.23. The highest BCUT2D eigenvalue weighted by molar-refractivity contribution is 9.10. The van der Waals surface area contributed by atoms with Crippen molar-refractivity contribution in [3.63, 3.8) is 0 Å². The molecular formula is C15H20BrNO. The molecule has 98 valence electrons. The van der Waals surface area contributed by atoms with Crippen LogP contribution in [0.1, 0.15) is 24.0 Å². The van der Waals surface area contributed by atoms with Crippen molar-refractivity contribution in [3.05, 3.63) is 39.9 Å². The SMILES string of the molecule is Cc1c(Br)cccc1/C=C/CCN1CC[C@H](O)C1. The van der Waals surface area contributed by atoms with Crippen molar-refractivity contribution in [2.24, 2.45) is 0 Å². The topological polar surface area (TPSA) is 23.5 Å². The van der Waals surface area contributed by atoms with Crippen LogP contribution in [0.15, 0.2) is 28.7 Å². The van der Waals surface area contributed by atoms with Gasteiger partial charge in [0.2, 0.25) is 0 Å². The summed E-state index contributed by atoms with van der Waals surface area (Å²) in [6.07, 6.45) is 6.26. The van der Waals surface area contributed by atoms with Crippen LogP contribution in [0.2, 0.25) is 0 Å². The van der Waals surface area contributed by atoms with Crippen molar-refractivity contribution in [2.75, 3.05) is 19.6 Å². The summed E-state index contributed by atoms with van der Waals surface area (Å²) >= 11 is 3.55. The maximum absolute atomic E-state index is 9.44. The fraction of sp³-hybridized carbons (Fsp3) is 0.467. The van der Waals surface area contributed by atoms with E-state index in [1.165, 1.54) is 11.1 Å². The lowest BCUT2D eigenvalue weighted by atomic mass is 10.1. The maximum atomic E-state index is 9.44. The molecule has 1 heterocycles. The molecule has 3 heteroatoms. The molecule has 0 amide bonds. The molecule has 0 spiro atoms. The van der Waals surface area contributed by atoms with Gasteiger partial charge in [0.1, 0.15) is 0 Å². The summed E-state index contributed by atoms with van der Waals surface area (Å²) in [5.74, 6) is 0. The Balaban J connectivity index is 1.82. The highest BCUT2D eigenvalue weighted by Crippen LogP contribution is 2.20. The number of aliphatic hydroxyl groups is 1. The molecule has 2 nitrogen and oxygen atoms in total. The molecule has 1 aliphatic heterocycles. The van der Waals surface area contributed by atoms with E-state index in [0.717, 1.165) is 36.9 Å². The second-order valence-electron chi connectivity index (χ2n) is 4.89. The highest BCUT2D eigenvalue weighted by atomic mass is 79.9. The van der Waals surface area contributed by atoms with Crippen molar-refractivity contribution in [2.45, 2.75) is 25.9 Å². The van der Waals surface area contributed by atoms with Crippen LogP contribution in [-0.4, -0.2) is 35.7 Å². The van der Waals surface area contributed by atoms with Gasteiger partial charge in [0.25, 0.3) is 0 Å². The van der Waals surface area contributed by atoms with Crippen LogP contribution in [-0.2, 0) is 0 Å². The van der Waals surface area contributed by atoms with Gasteiger partial charge in [0.15, 0.2) is 0 Å². The minimum atomic E-state index is -0.110. The van der Waals surface area contributed by atoms with E-state index in [2.05, 4.69) is 58.1 Å². The first-order valence-electron chi connectivity index (χ1n) is 6.49. The van der Waals surface area contributed by atoms with Gasteiger partial charge in [0, 0.05) is 24.1 Å². The Morgan fingerprint density at radius 2 is 2.33 bits per heavy atom. The third-order valence-corrected chi connectivity index (χ3v) is 4.33. The van der Waals surface area contributed by atoms with E-state index in [4.69, 9.17) is 0 Å². The van der Waals surface area contributed by atoms with Crippen LogP contribution in [0.5, 0.6) is 0 Å². The Hall–Kier alpha value is -0.640. The number of hydrogen-bond acceptors (Lipinski definition) is 2. The highest BCUT2D eigenvalue weighted by Gasteiger charge is 2.18. The van der Waals surface area contributed by atoms with E-state index in [-0.39, 0.29) is 6.10 Å². The van der Waals surface area contributed by atoms with Crippen molar-refractivity contribution in [3.8, 4) is 0 Å². The zero-order chi connectivity index (χ0) is 13.0. The van der Waals surface area contributed by atoms with Crippen molar-refractivity contribution in [1.29, 1.82) is 0 Å². The van der Waals surface area contributed by atoms with Crippen molar-refractivity contribution < 1.29 is 5.11 Å². The summed E-state index contributed by atoms with van der Waals surface area (Å²) in [5.41, 5.74) is 2.55. The Bertz CT molecular complexity index is 431. The monoisotopic (exact) mass is 309 g/mol. The molecule has 0 aliphatic carbocycles. The van der Waals surface area contributed by atoms with E-state index in [0.29, 0.717) is 0 Å². The van der Waals surface area contributed by atoms with E-state index >= 15 is 0 Å². The lowest BCUT2D eigenvalue weighted by molar-refractivity contribution is 0.177. The third-order valence-electron chi connectivity index (χ3n) is 3.47. The first-order valence-corrected chi connectivity index (χ1v) is 7.28. The van der Waals surface area contributed by atoms with Gasteiger partial charge < -0.3 is 10.0 Å². The molecule has 0 aromatic heterocycles. The average molecular weight is 310 g/mol. The summed E-state index contributed by atoms with van der Waals surface area (Å²) in [6.45, 7) is 5.04. The van der Waals surface area contributed by atoms with Crippen LogP contribution in [0.3, 0.4) is 0 Å². The molecule has 1 aliphatic rings. The zero-order valence-electron chi connectivity index (χ0n) is 10.8. The summed E-state index contributed by atoms with van der Waals surface area (Å²) in [7, 11) is 0. The fourth-order valence-corrected chi connectivity index (χ4v) is 2.67. The largest absolute Gasteiger partial charge is 0.392 e. The van der Waals surface area contributed by atoms with E-state index in [1.807, 2.05) is 0 Å². The molecule has 1 fully saturated rings. The van der Waals surface area contributed by atoms with Crippen LogP contribution in [0.4, 0.5) is 0 Å². The maximum Gasteiger partial charge on any atom is 0.0679 e. The standard InChI is InChI=1S/C15H20BrNO/c1-12-13(6-4-7-15(12)16)5-2-3-9-17-10-8-14(18)11-17/h2,4-7,14,18H,3,8-11H2,1H3/b5-2+/t14-/m0/s1.